The van der Waals surface area contributed by atoms with Crippen molar-refractivity contribution in [1.29, 1.82) is 0 Å². The molecule has 8 amide bonds. The number of rotatable bonds is 29. The van der Waals surface area contributed by atoms with E-state index in [9.17, 15) is 61.6 Å². The third kappa shape index (κ3) is 24.4. The van der Waals surface area contributed by atoms with Gasteiger partial charge in [0.15, 0.2) is 20.1 Å². The summed E-state index contributed by atoms with van der Waals surface area (Å²) in [5.74, 6) is -1.08. The largest absolute Gasteiger partial charge is 0.333 e. The molecule has 5 heterocycles. The maximum atomic E-state index is 14.1. The number of aromatic nitrogens is 8. The summed E-state index contributed by atoms with van der Waals surface area (Å²) in [7, 11) is -7.78. The van der Waals surface area contributed by atoms with Crippen molar-refractivity contribution in [3.05, 3.63) is 162 Å². The molecule has 0 unspecified atom stereocenters. The van der Waals surface area contributed by atoms with Crippen molar-refractivity contribution < 1.29 is 61.6 Å². The second-order valence-electron chi connectivity index (χ2n) is 33.9. The second-order valence-corrected chi connectivity index (χ2v) is 40.4. The second kappa shape index (κ2) is 41.8. The highest BCUT2D eigenvalue weighted by atomic mass is 32.2. The fourth-order valence-electron chi connectivity index (χ4n) is 16.5. The van der Waals surface area contributed by atoms with E-state index in [1.165, 1.54) is 84.8 Å². The van der Waals surface area contributed by atoms with Gasteiger partial charge in [-0.1, -0.05) is 102 Å². The summed E-state index contributed by atoms with van der Waals surface area (Å²) in [6.07, 6.45) is 14.2. The Morgan fingerprint density at radius 1 is 0.360 bits per heavy atom. The first-order chi connectivity index (χ1) is 59.0. The zero-order chi connectivity index (χ0) is 91.5. The lowest BCUT2D eigenvalue weighted by Crippen LogP contribution is -2.35. The Balaban J connectivity index is 0.000000174. The monoisotopic (exact) mass is 1810 g/mol. The van der Waals surface area contributed by atoms with Crippen LogP contribution in [0.2, 0.25) is 0 Å². The summed E-state index contributed by atoms with van der Waals surface area (Å²) in [6, 6.07) is 12.7. The van der Waals surface area contributed by atoms with Crippen LogP contribution in [0.3, 0.4) is 0 Å². The number of aryl methyl sites for hydroxylation is 8. The maximum Gasteiger partial charge on any atom is 0.333 e. The maximum absolute atomic E-state index is 14.1. The van der Waals surface area contributed by atoms with E-state index in [2.05, 4.69) is 91.8 Å². The molecule has 1 aliphatic heterocycles. The van der Waals surface area contributed by atoms with Gasteiger partial charge in [-0.15, -0.1) is 0 Å². The number of nitrogens with zero attached hydrogens (tertiary/aromatic N) is 12. The topological polar surface area (TPSA) is 385 Å². The lowest BCUT2D eigenvalue weighted by Gasteiger charge is -2.20. The standard InChI is InChI=1S/C22H32FN5O3S.C22H34FN5O3S.C22H31N5O3S.C21H29N5O3S/c1-14(2)18-10-16(23)11-19(15(3)4)21(18)24-22(29)26-32(30,31)20-12-17(27(5)25-20)13-28-8-6-7-9-28;1-8-28(9-2)13-17-12-20(25-27(17)7)32(30,31)26-22(29)24-21-18(14(3)4)10-16(23)11-19(21)15(5)6;1-4-27(5-2)14-17-13-20(24-26(17)3)31(29,30)25-22(28)23-21-18-10-6-8-15(18)12-16-9-7-11-19(16)21;1-4-25(2)13-16-12-19(23-26(16)3)30(28,29)24-21(27)22-20-17-9-5-7-14(17)11-15-8-6-10-18(15)20/h10-12,14-15H,6-9,13H2,1-5H3,(H2,24,26,29);10-12,14-15H,8-9,13H2,1-7H3,(H2,24,26,29);12-13H,4-11,14H2,1-3H3,(H2,23,25,28);11-12H,4-10,13H2,1-3H3,(H2,22,24,27). The molecule has 0 atom stereocenters. The zero-order valence-electron chi connectivity index (χ0n) is 75.4. The third-order valence-corrected chi connectivity index (χ3v) is 28.5. The Hall–Kier alpha value is -9.70. The summed E-state index contributed by atoms with van der Waals surface area (Å²) < 4.78 is 145. The number of urea groups is 4. The van der Waals surface area contributed by atoms with E-state index in [0.29, 0.717) is 59.8 Å². The van der Waals surface area contributed by atoms with E-state index in [1.54, 1.807) is 32.9 Å². The smallest absolute Gasteiger partial charge is 0.307 e. The van der Waals surface area contributed by atoms with E-state index in [0.717, 1.165) is 192 Å². The number of carbonyl (C=O) groups is 4. The van der Waals surface area contributed by atoms with Crippen LogP contribution in [-0.4, -0.2) is 169 Å². The molecule has 1 saturated heterocycles. The highest BCUT2D eigenvalue weighted by Crippen LogP contribution is 2.42. The Morgan fingerprint density at radius 2 is 0.616 bits per heavy atom. The Labute approximate surface area is 735 Å². The van der Waals surface area contributed by atoms with Crippen molar-refractivity contribution in [1.82, 2.24) is 77.6 Å². The van der Waals surface area contributed by atoms with Gasteiger partial charge in [-0.3, -0.25) is 33.4 Å². The van der Waals surface area contributed by atoms with Crippen molar-refractivity contribution in [3.63, 3.8) is 0 Å². The summed E-state index contributed by atoms with van der Waals surface area (Å²) in [5.41, 5.74) is 17.7. The Bertz CT molecular complexity index is 5450. The highest BCUT2D eigenvalue weighted by Gasteiger charge is 2.34. The molecule has 5 aliphatic rings. The lowest BCUT2D eigenvalue weighted by molar-refractivity contribution is 0.255. The van der Waals surface area contributed by atoms with Crippen LogP contribution >= 0.6 is 0 Å². The minimum Gasteiger partial charge on any atom is -0.307 e. The first-order valence-corrected chi connectivity index (χ1v) is 49.2. The van der Waals surface area contributed by atoms with Crippen molar-refractivity contribution in [2.75, 3.05) is 74.1 Å². The number of hydrogen-bond donors (Lipinski definition) is 8. The molecular formula is C87H126F2N20O12S4. The number of benzene rings is 4. The van der Waals surface area contributed by atoms with Gasteiger partial charge in [0.05, 0.1) is 22.8 Å². The van der Waals surface area contributed by atoms with Crippen LogP contribution in [-0.2, 0) is 146 Å². The minimum atomic E-state index is -4.19. The van der Waals surface area contributed by atoms with Gasteiger partial charge in [0.1, 0.15) is 11.6 Å². The molecule has 13 rings (SSSR count). The van der Waals surface area contributed by atoms with Gasteiger partial charge < -0.3 is 26.2 Å². The number of nitrogens with one attached hydrogen (secondary N) is 8. The molecule has 4 aliphatic carbocycles. The van der Waals surface area contributed by atoms with E-state index >= 15 is 0 Å². The summed E-state index contributed by atoms with van der Waals surface area (Å²) in [5, 5.41) is 26.7. The lowest BCUT2D eigenvalue weighted by atomic mass is 9.92. The molecule has 4 aromatic heterocycles. The van der Waals surface area contributed by atoms with Crippen LogP contribution in [0.1, 0.15) is 242 Å². The number of carbonyl (C=O) groups excluding carboxylic acids is 4. The van der Waals surface area contributed by atoms with E-state index < -0.39 is 75.9 Å². The molecule has 38 heteroatoms. The number of halogens is 2. The third-order valence-electron chi connectivity index (χ3n) is 23.7. The van der Waals surface area contributed by atoms with Crippen LogP contribution in [0, 0.1) is 11.6 Å². The average molecular weight is 1810 g/mol. The number of fused-ring (bicyclic) bond motifs is 4. The zero-order valence-corrected chi connectivity index (χ0v) is 78.7. The molecule has 8 aromatic rings. The summed E-state index contributed by atoms with van der Waals surface area (Å²) in [4.78, 5) is 59.3. The van der Waals surface area contributed by atoms with Crippen LogP contribution in [0.4, 0.5) is 50.7 Å². The van der Waals surface area contributed by atoms with Gasteiger partial charge in [0.2, 0.25) is 0 Å². The number of hydrogen-bond acceptors (Lipinski definition) is 20. The van der Waals surface area contributed by atoms with Gasteiger partial charge in [0.25, 0.3) is 40.1 Å². The van der Waals surface area contributed by atoms with Gasteiger partial charge in [-0.05, 0) is 257 Å². The van der Waals surface area contributed by atoms with Crippen molar-refractivity contribution in [3.8, 4) is 0 Å². The van der Waals surface area contributed by atoms with Crippen molar-refractivity contribution in [2.45, 2.75) is 250 Å². The first-order valence-electron chi connectivity index (χ1n) is 43.3. The molecule has 684 valence electrons. The van der Waals surface area contributed by atoms with Gasteiger partial charge in [-0.25, -0.2) is 46.8 Å². The van der Waals surface area contributed by atoms with Gasteiger partial charge in [0, 0.05) is 101 Å². The van der Waals surface area contributed by atoms with Crippen LogP contribution in [0.25, 0.3) is 0 Å². The quantitative estimate of drug-likeness (QED) is 0.0216. The molecule has 1 fully saturated rings. The Kier molecular flexibility index (Phi) is 32.6. The summed E-state index contributed by atoms with van der Waals surface area (Å²) >= 11 is 0. The van der Waals surface area contributed by atoms with E-state index in [-0.39, 0.29) is 43.8 Å². The molecule has 32 nitrogen and oxygen atoms in total. The molecule has 8 N–H and O–H groups in total. The summed E-state index contributed by atoms with van der Waals surface area (Å²) in [6.45, 7) is 33.7. The van der Waals surface area contributed by atoms with E-state index in [1.807, 2.05) is 97.6 Å². The fourth-order valence-corrected chi connectivity index (χ4v) is 20.2. The molecule has 0 saturated carbocycles. The van der Waals surface area contributed by atoms with Crippen molar-refractivity contribution >= 4 is 87.0 Å². The van der Waals surface area contributed by atoms with Gasteiger partial charge in [-0.2, -0.15) is 54.1 Å². The van der Waals surface area contributed by atoms with Crippen LogP contribution in [0.5, 0.6) is 0 Å². The number of sulfonamides is 4. The molecular weight excluding hydrogens is 1680 g/mol. The minimum absolute atomic E-state index is 0.0703. The van der Waals surface area contributed by atoms with Crippen LogP contribution < -0.4 is 40.2 Å². The highest BCUT2D eigenvalue weighted by molar-refractivity contribution is 7.90. The van der Waals surface area contributed by atoms with Gasteiger partial charge >= 0.3 is 24.1 Å². The fraction of sp³-hybridized carbons (Fsp3) is 0.540. The molecule has 125 heavy (non-hydrogen) atoms. The molecule has 0 bridgehead atoms. The first kappa shape index (κ1) is 97.5. The predicted molar refractivity (Wildman–Crippen MR) is 480 cm³/mol. The SMILES string of the molecule is CC(C)c1cc(F)cc(C(C)C)c1NC(=O)NS(=O)(=O)c1cc(CN2CCCC2)n(C)n1.CCN(C)Cc1cc(S(=O)(=O)NC(=O)Nc2c3c(cc4c2CCC4)CCC3)nn1C.CCN(CC)Cc1cc(S(=O)(=O)NC(=O)Nc2c(C(C)C)cc(F)cc2C(C)C)nn1C.CCN(CC)Cc1cc(S(=O)(=O)NC(=O)Nc2c3c(cc4c2CCC4)CCC3)nn1C. The molecule has 4 aromatic carbocycles. The predicted octanol–water partition coefficient (Wildman–Crippen LogP) is 13.2. The number of amides is 8. The number of anilines is 4. The Morgan fingerprint density at radius 3 is 0.880 bits per heavy atom. The average Bonchev–Trinajstić information content (AvgIpc) is 1.67. The van der Waals surface area contributed by atoms with Crippen molar-refractivity contribution in [2.24, 2.45) is 28.2 Å². The van der Waals surface area contributed by atoms with E-state index in [4.69, 9.17) is 0 Å². The molecule has 0 radical (unpaired) electrons. The molecule has 0 spiro atoms. The normalized spacial score (nSPS) is 14.4. The number of likely N-dealkylation sites (tertiary alicyclic amines) is 1. The van der Waals surface area contributed by atoms with Crippen LogP contribution in [0.15, 0.2) is 80.8 Å².